The predicted octanol–water partition coefficient (Wildman–Crippen LogP) is 4.84. The molecular formula is C21H23N. The van der Waals surface area contributed by atoms with Gasteiger partial charge in [-0.1, -0.05) is 91.5 Å². The van der Waals surface area contributed by atoms with E-state index in [1.54, 1.807) is 6.08 Å². The van der Waals surface area contributed by atoms with Crippen molar-refractivity contribution in [3.63, 3.8) is 0 Å². The topological polar surface area (TPSA) is 12.0 Å². The second kappa shape index (κ2) is 7.58. The van der Waals surface area contributed by atoms with Gasteiger partial charge in [0, 0.05) is 0 Å². The molecule has 22 heavy (non-hydrogen) atoms. The molecule has 0 saturated heterocycles. The van der Waals surface area contributed by atoms with E-state index in [4.69, 9.17) is 0 Å². The molecule has 0 unspecified atom stereocenters. The van der Waals surface area contributed by atoms with Crippen molar-refractivity contribution < 1.29 is 0 Å². The molecular weight excluding hydrogens is 266 g/mol. The highest BCUT2D eigenvalue weighted by Gasteiger charge is 2.34. The number of benzene rings is 2. The van der Waals surface area contributed by atoms with Gasteiger partial charge in [0.25, 0.3) is 0 Å². The maximum absolute atomic E-state index is 3.79. The molecule has 0 spiro atoms. The summed E-state index contributed by atoms with van der Waals surface area (Å²) in [6.07, 6.45) is 8.05. The van der Waals surface area contributed by atoms with Crippen molar-refractivity contribution in [1.82, 2.24) is 5.32 Å². The Morgan fingerprint density at radius 1 is 0.955 bits per heavy atom. The summed E-state index contributed by atoms with van der Waals surface area (Å²) in [5.74, 6) is 0. The highest BCUT2D eigenvalue weighted by atomic mass is 14.9. The Morgan fingerprint density at radius 2 is 1.45 bits per heavy atom. The van der Waals surface area contributed by atoms with Crippen LogP contribution in [0.1, 0.15) is 18.1 Å². The van der Waals surface area contributed by atoms with Gasteiger partial charge in [0.15, 0.2) is 0 Å². The first-order chi connectivity index (χ1) is 10.8. The van der Waals surface area contributed by atoms with E-state index in [-0.39, 0.29) is 5.54 Å². The molecule has 112 valence electrons. The van der Waals surface area contributed by atoms with Gasteiger partial charge in [0.05, 0.1) is 5.54 Å². The Morgan fingerprint density at radius 3 is 1.82 bits per heavy atom. The first-order valence-corrected chi connectivity index (χ1v) is 7.55. The van der Waals surface area contributed by atoms with Crippen LogP contribution >= 0.6 is 0 Å². The Labute approximate surface area is 133 Å². The van der Waals surface area contributed by atoms with E-state index < -0.39 is 0 Å². The molecule has 1 heteroatoms. The summed E-state index contributed by atoms with van der Waals surface area (Å²) in [6.45, 7) is 5.86. The summed E-state index contributed by atoms with van der Waals surface area (Å²) < 4.78 is 0. The molecule has 2 rings (SSSR count). The molecule has 0 heterocycles. The maximum Gasteiger partial charge on any atom is 0.0942 e. The lowest BCUT2D eigenvalue weighted by molar-refractivity contribution is 0.523. The lowest BCUT2D eigenvalue weighted by atomic mass is 9.76. The van der Waals surface area contributed by atoms with Gasteiger partial charge in [-0.15, -0.1) is 0 Å². The number of hydrogen-bond donors (Lipinski definition) is 1. The zero-order chi connectivity index (χ0) is 15.8. The van der Waals surface area contributed by atoms with Crippen LogP contribution in [0.2, 0.25) is 0 Å². The van der Waals surface area contributed by atoms with Crippen LogP contribution in [-0.4, -0.2) is 7.05 Å². The normalized spacial score (nSPS) is 12.5. The molecule has 0 aliphatic rings. The van der Waals surface area contributed by atoms with Crippen molar-refractivity contribution in [2.75, 3.05) is 7.05 Å². The summed E-state index contributed by atoms with van der Waals surface area (Å²) in [5.41, 5.74) is 3.24. The lowest BCUT2D eigenvalue weighted by Crippen LogP contribution is -2.42. The molecule has 2 aromatic rings. The van der Waals surface area contributed by atoms with Gasteiger partial charge in [-0.25, -0.2) is 0 Å². The predicted molar refractivity (Wildman–Crippen MR) is 95.8 cm³/mol. The maximum atomic E-state index is 3.79. The Balaban J connectivity index is 2.73. The molecule has 0 bridgehead atoms. The second-order valence-corrected chi connectivity index (χ2v) is 5.07. The third-order valence-electron chi connectivity index (χ3n) is 3.94. The van der Waals surface area contributed by atoms with Gasteiger partial charge in [0.2, 0.25) is 0 Å². The fourth-order valence-corrected chi connectivity index (χ4v) is 2.92. The molecule has 0 atom stereocenters. The Hall–Kier alpha value is -2.38. The molecule has 0 aliphatic carbocycles. The molecule has 1 nitrogen and oxygen atoms in total. The van der Waals surface area contributed by atoms with E-state index in [0.717, 1.165) is 0 Å². The van der Waals surface area contributed by atoms with Crippen molar-refractivity contribution >= 4 is 0 Å². The number of rotatable bonds is 6. The molecule has 0 aliphatic heterocycles. The summed E-state index contributed by atoms with van der Waals surface area (Å²) >= 11 is 0. The SMILES string of the molecule is C=C/C=C\C(=C/C)C(NC)(c1ccccc1)c1ccccc1. The third-order valence-corrected chi connectivity index (χ3v) is 3.94. The summed E-state index contributed by atoms with van der Waals surface area (Å²) in [6, 6.07) is 21.0. The smallest absolute Gasteiger partial charge is 0.0942 e. The van der Waals surface area contributed by atoms with Crippen molar-refractivity contribution in [2.45, 2.75) is 12.5 Å². The zero-order valence-corrected chi connectivity index (χ0v) is 13.3. The average Bonchev–Trinajstić information content (AvgIpc) is 2.60. The largest absolute Gasteiger partial charge is 0.303 e. The molecule has 0 fully saturated rings. The van der Waals surface area contributed by atoms with Crippen molar-refractivity contribution in [3.8, 4) is 0 Å². The molecule has 0 saturated carbocycles. The Kier molecular flexibility index (Phi) is 5.51. The fourth-order valence-electron chi connectivity index (χ4n) is 2.92. The monoisotopic (exact) mass is 289 g/mol. The highest BCUT2D eigenvalue weighted by Crippen LogP contribution is 2.37. The van der Waals surface area contributed by atoms with Crippen LogP contribution < -0.4 is 5.32 Å². The van der Waals surface area contributed by atoms with Crippen LogP contribution in [0.25, 0.3) is 0 Å². The first kappa shape index (κ1) is 16.0. The molecule has 0 radical (unpaired) electrons. The van der Waals surface area contributed by atoms with Crippen molar-refractivity contribution in [3.05, 3.63) is 108 Å². The van der Waals surface area contributed by atoms with E-state index in [0.29, 0.717) is 0 Å². The second-order valence-electron chi connectivity index (χ2n) is 5.07. The van der Waals surface area contributed by atoms with Crippen LogP contribution in [0, 0.1) is 0 Å². The van der Waals surface area contributed by atoms with Gasteiger partial charge in [-0.2, -0.15) is 0 Å². The van der Waals surface area contributed by atoms with Crippen LogP contribution in [0.3, 0.4) is 0 Å². The minimum absolute atomic E-state index is 0.378. The van der Waals surface area contributed by atoms with Crippen LogP contribution in [0.5, 0.6) is 0 Å². The molecule has 0 amide bonds. The third kappa shape index (κ3) is 2.95. The van der Waals surface area contributed by atoms with E-state index in [2.05, 4.69) is 79.5 Å². The number of likely N-dealkylation sites (N-methyl/N-ethyl adjacent to an activating group) is 1. The number of nitrogens with one attached hydrogen (secondary N) is 1. The van der Waals surface area contributed by atoms with Crippen LogP contribution in [0.4, 0.5) is 0 Å². The average molecular weight is 289 g/mol. The summed E-state index contributed by atoms with van der Waals surface area (Å²) in [5, 5.41) is 3.55. The standard InChI is InChI=1S/C21H23N/c1-4-6-13-18(5-2)21(22-3,19-14-9-7-10-15-19)20-16-11-8-12-17-20/h4-17,22H,1H2,2-3H3/b13-6-,18-5+. The Bertz CT molecular complexity index is 611. The lowest BCUT2D eigenvalue weighted by Gasteiger charge is -2.36. The summed E-state index contributed by atoms with van der Waals surface area (Å²) in [4.78, 5) is 0. The first-order valence-electron chi connectivity index (χ1n) is 7.55. The quantitative estimate of drug-likeness (QED) is 0.750. The number of allylic oxidation sites excluding steroid dienone is 3. The van der Waals surface area contributed by atoms with E-state index in [1.807, 2.05) is 25.3 Å². The van der Waals surface area contributed by atoms with Gasteiger partial charge >= 0.3 is 0 Å². The van der Waals surface area contributed by atoms with E-state index >= 15 is 0 Å². The highest BCUT2D eigenvalue weighted by molar-refractivity contribution is 5.51. The van der Waals surface area contributed by atoms with Crippen LogP contribution in [-0.2, 0) is 5.54 Å². The minimum atomic E-state index is -0.378. The minimum Gasteiger partial charge on any atom is -0.303 e. The summed E-state index contributed by atoms with van der Waals surface area (Å²) in [7, 11) is 2.01. The zero-order valence-electron chi connectivity index (χ0n) is 13.3. The number of hydrogen-bond acceptors (Lipinski definition) is 1. The van der Waals surface area contributed by atoms with Crippen molar-refractivity contribution in [2.24, 2.45) is 0 Å². The van der Waals surface area contributed by atoms with Gasteiger partial charge in [0.1, 0.15) is 0 Å². The van der Waals surface area contributed by atoms with Crippen molar-refractivity contribution in [1.29, 1.82) is 0 Å². The van der Waals surface area contributed by atoms with Gasteiger partial charge in [-0.3, -0.25) is 0 Å². The van der Waals surface area contributed by atoms with E-state index in [9.17, 15) is 0 Å². The fraction of sp³-hybridized carbons (Fsp3) is 0.143. The molecule has 0 aromatic heterocycles. The van der Waals surface area contributed by atoms with Crippen LogP contribution in [0.15, 0.2) is 97.1 Å². The van der Waals surface area contributed by atoms with E-state index in [1.165, 1.54) is 16.7 Å². The van der Waals surface area contributed by atoms with Gasteiger partial charge < -0.3 is 5.32 Å². The molecule has 2 aromatic carbocycles. The van der Waals surface area contributed by atoms with Gasteiger partial charge in [-0.05, 0) is 30.7 Å². The molecule has 1 N–H and O–H groups in total.